The van der Waals surface area contributed by atoms with Crippen LogP contribution in [0.3, 0.4) is 0 Å². The lowest BCUT2D eigenvalue weighted by molar-refractivity contribution is -0.121. The maximum atomic E-state index is 12.4. The van der Waals surface area contributed by atoms with Crippen molar-refractivity contribution in [2.24, 2.45) is 4.99 Å². The van der Waals surface area contributed by atoms with Gasteiger partial charge in [-0.05, 0) is 29.3 Å². The Labute approximate surface area is 145 Å². The number of guanidine groups is 1. The summed E-state index contributed by atoms with van der Waals surface area (Å²) in [5, 5.41) is 3.09. The second-order valence-electron chi connectivity index (χ2n) is 5.79. The van der Waals surface area contributed by atoms with Crippen LogP contribution in [-0.2, 0) is 11.3 Å². The quantitative estimate of drug-likeness (QED) is 0.875. The molecule has 0 atom stereocenters. The summed E-state index contributed by atoms with van der Waals surface area (Å²) in [6.45, 7) is 0.740. The molecule has 2 aromatic rings. The number of carbonyl (C=O) groups is 1. The van der Waals surface area contributed by atoms with Crippen LogP contribution in [0.1, 0.15) is 11.1 Å². The maximum Gasteiger partial charge on any atom is 0.276 e. The largest absolute Gasteiger partial charge is 0.454 e. The summed E-state index contributed by atoms with van der Waals surface area (Å²) in [5.74, 6) is 1.83. The van der Waals surface area contributed by atoms with Gasteiger partial charge in [-0.3, -0.25) is 9.69 Å². The average Bonchev–Trinajstić information content (AvgIpc) is 3.21. The van der Waals surface area contributed by atoms with Crippen LogP contribution in [0.4, 0.5) is 0 Å². The van der Waals surface area contributed by atoms with E-state index in [1.165, 1.54) is 4.90 Å². The van der Waals surface area contributed by atoms with E-state index in [9.17, 15) is 4.79 Å². The highest BCUT2D eigenvalue weighted by atomic mass is 16.7. The minimum absolute atomic E-state index is 0.121. The van der Waals surface area contributed by atoms with Crippen molar-refractivity contribution in [2.75, 3.05) is 13.8 Å². The van der Waals surface area contributed by atoms with Gasteiger partial charge in [0.15, 0.2) is 11.5 Å². The Kier molecular flexibility index (Phi) is 3.85. The number of aliphatic imine (C=N–C) groups is 1. The molecule has 126 valence electrons. The number of amides is 1. The van der Waals surface area contributed by atoms with Crippen molar-refractivity contribution in [3.8, 4) is 11.5 Å². The van der Waals surface area contributed by atoms with Crippen LogP contribution >= 0.6 is 0 Å². The first-order chi connectivity index (χ1) is 12.2. The zero-order valence-electron chi connectivity index (χ0n) is 13.7. The molecule has 0 spiro atoms. The third-order valence-electron chi connectivity index (χ3n) is 4.06. The molecular weight excluding hydrogens is 318 g/mol. The highest BCUT2D eigenvalue weighted by molar-refractivity contribution is 6.15. The Morgan fingerprint density at radius 2 is 1.96 bits per heavy atom. The maximum absolute atomic E-state index is 12.4. The summed E-state index contributed by atoms with van der Waals surface area (Å²) in [6.07, 6.45) is 1.78. The van der Waals surface area contributed by atoms with Gasteiger partial charge in [-0.1, -0.05) is 36.4 Å². The Bertz CT molecular complexity index is 875. The van der Waals surface area contributed by atoms with Crippen molar-refractivity contribution in [2.45, 2.75) is 6.54 Å². The average molecular weight is 335 g/mol. The molecule has 6 heteroatoms. The van der Waals surface area contributed by atoms with E-state index in [4.69, 9.17) is 9.47 Å². The third-order valence-corrected chi connectivity index (χ3v) is 4.06. The minimum atomic E-state index is -0.121. The molecule has 6 nitrogen and oxygen atoms in total. The summed E-state index contributed by atoms with van der Waals surface area (Å²) in [6, 6.07) is 15.5. The van der Waals surface area contributed by atoms with E-state index in [0.717, 1.165) is 16.9 Å². The lowest BCUT2D eigenvalue weighted by atomic mass is 10.1. The molecule has 2 aliphatic heterocycles. The van der Waals surface area contributed by atoms with Gasteiger partial charge in [0, 0.05) is 7.05 Å². The third kappa shape index (κ3) is 3.06. The number of rotatable bonds is 3. The van der Waals surface area contributed by atoms with Crippen LogP contribution in [0.5, 0.6) is 11.5 Å². The lowest BCUT2D eigenvalue weighted by Crippen LogP contribution is -2.28. The van der Waals surface area contributed by atoms with E-state index in [-0.39, 0.29) is 12.7 Å². The molecular formula is C19H17N3O3. The highest BCUT2D eigenvalue weighted by Crippen LogP contribution is 2.33. The van der Waals surface area contributed by atoms with Crippen LogP contribution in [0, 0.1) is 0 Å². The second kappa shape index (κ2) is 6.32. The van der Waals surface area contributed by atoms with Crippen LogP contribution < -0.4 is 14.8 Å². The first-order valence-corrected chi connectivity index (χ1v) is 7.95. The fraction of sp³-hybridized carbons (Fsp3) is 0.158. The summed E-state index contributed by atoms with van der Waals surface area (Å²) in [5.41, 5.74) is 2.43. The first kappa shape index (κ1) is 15.3. The fourth-order valence-corrected chi connectivity index (χ4v) is 2.70. The Morgan fingerprint density at radius 1 is 1.16 bits per heavy atom. The van der Waals surface area contributed by atoms with Crippen molar-refractivity contribution in [1.29, 1.82) is 0 Å². The number of carbonyl (C=O) groups excluding carboxylic acids is 1. The molecule has 1 N–H and O–H groups in total. The van der Waals surface area contributed by atoms with Gasteiger partial charge >= 0.3 is 0 Å². The number of benzene rings is 2. The smallest absolute Gasteiger partial charge is 0.276 e. The molecule has 1 amide bonds. The Morgan fingerprint density at radius 3 is 2.80 bits per heavy atom. The SMILES string of the molecule is CN1C(=O)/C(=C/c2ccc3c(c2)OCO3)NC1=NCc1ccccc1. The number of fused-ring (bicyclic) bond motifs is 1. The molecule has 0 radical (unpaired) electrons. The fourth-order valence-electron chi connectivity index (χ4n) is 2.70. The summed E-state index contributed by atoms with van der Waals surface area (Å²) < 4.78 is 10.7. The Hall–Kier alpha value is -3.28. The van der Waals surface area contributed by atoms with Gasteiger partial charge in [-0.15, -0.1) is 0 Å². The molecule has 0 unspecified atom stereocenters. The molecule has 0 bridgehead atoms. The molecule has 0 aromatic heterocycles. The van der Waals surface area contributed by atoms with Gasteiger partial charge in [0.2, 0.25) is 12.8 Å². The summed E-state index contributed by atoms with van der Waals surface area (Å²) >= 11 is 0. The van der Waals surface area contributed by atoms with Crippen molar-refractivity contribution >= 4 is 17.9 Å². The molecule has 2 heterocycles. The molecule has 4 rings (SSSR count). The molecule has 2 aliphatic rings. The zero-order valence-corrected chi connectivity index (χ0v) is 13.7. The van der Waals surface area contributed by atoms with Gasteiger partial charge in [-0.25, -0.2) is 4.99 Å². The van der Waals surface area contributed by atoms with Gasteiger partial charge in [0.1, 0.15) is 5.70 Å². The molecule has 1 saturated heterocycles. The van der Waals surface area contributed by atoms with Gasteiger partial charge < -0.3 is 14.8 Å². The van der Waals surface area contributed by atoms with Crippen LogP contribution in [-0.4, -0.2) is 30.6 Å². The normalized spacial score (nSPS) is 18.9. The van der Waals surface area contributed by atoms with Crippen LogP contribution in [0.2, 0.25) is 0 Å². The second-order valence-corrected chi connectivity index (χ2v) is 5.79. The first-order valence-electron chi connectivity index (χ1n) is 7.95. The predicted molar refractivity (Wildman–Crippen MR) is 94.0 cm³/mol. The van der Waals surface area contributed by atoms with Crippen molar-refractivity contribution < 1.29 is 14.3 Å². The number of likely N-dealkylation sites (N-methyl/N-ethyl adjacent to an activating group) is 1. The number of nitrogens with one attached hydrogen (secondary N) is 1. The van der Waals surface area contributed by atoms with Crippen molar-refractivity contribution in [3.05, 3.63) is 65.4 Å². The summed E-state index contributed by atoms with van der Waals surface area (Å²) in [4.78, 5) is 18.4. The lowest BCUT2D eigenvalue weighted by Gasteiger charge is -2.07. The number of ether oxygens (including phenoxy) is 2. The molecule has 1 fully saturated rings. The predicted octanol–water partition coefficient (Wildman–Crippen LogP) is 2.37. The van der Waals surface area contributed by atoms with Crippen LogP contribution in [0.25, 0.3) is 6.08 Å². The molecule has 0 aliphatic carbocycles. The standard InChI is InChI=1S/C19H17N3O3/c1-22-18(23)15(9-14-7-8-16-17(10-14)25-12-24-16)21-19(22)20-11-13-5-3-2-4-6-13/h2-10H,11-12H2,1H3,(H,20,21)/b15-9-. The molecule has 2 aromatic carbocycles. The zero-order chi connectivity index (χ0) is 17.2. The van der Waals surface area contributed by atoms with Gasteiger partial charge in [-0.2, -0.15) is 0 Å². The van der Waals surface area contributed by atoms with E-state index >= 15 is 0 Å². The number of hydrogen-bond donors (Lipinski definition) is 1. The van der Waals surface area contributed by atoms with E-state index in [0.29, 0.717) is 24.0 Å². The topological polar surface area (TPSA) is 63.2 Å². The van der Waals surface area contributed by atoms with E-state index in [1.54, 1.807) is 13.1 Å². The van der Waals surface area contributed by atoms with Crippen molar-refractivity contribution in [1.82, 2.24) is 10.2 Å². The molecule has 25 heavy (non-hydrogen) atoms. The van der Waals surface area contributed by atoms with Gasteiger partial charge in [0.25, 0.3) is 5.91 Å². The summed E-state index contributed by atoms with van der Waals surface area (Å²) in [7, 11) is 1.71. The van der Waals surface area contributed by atoms with E-state index in [2.05, 4.69) is 10.3 Å². The number of nitrogens with zero attached hydrogens (tertiary/aromatic N) is 2. The van der Waals surface area contributed by atoms with Gasteiger partial charge in [0.05, 0.1) is 6.54 Å². The van der Waals surface area contributed by atoms with Crippen molar-refractivity contribution in [3.63, 3.8) is 0 Å². The highest BCUT2D eigenvalue weighted by Gasteiger charge is 2.28. The number of hydrogen-bond acceptors (Lipinski definition) is 4. The minimum Gasteiger partial charge on any atom is -0.454 e. The van der Waals surface area contributed by atoms with Crippen LogP contribution in [0.15, 0.2) is 59.2 Å². The monoisotopic (exact) mass is 335 g/mol. The van der Waals surface area contributed by atoms with E-state index in [1.807, 2.05) is 48.5 Å². The molecule has 0 saturated carbocycles. The Balaban J connectivity index is 1.54. The van der Waals surface area contributed by atoms with E-state index < -0.39 is 0 Å².